The van der Waals surface area contributed by atoms with Gasteiger partial charge in [-0.25, -0.2) is 0 Å². The molecule has 128 valence electrons. The Hall–Kier alpha value is -1.86. The fourth-order valence-electron chi connectivity index (χ4n) is 3.00. The van der Waals surface area contributed by atoms with Crippen LogP contribution in [0.3, 0.4) is 0 Å². The number of hydrogen-bond donors (Lipinski definition) is 3. The monoisotopic (exact) mass is 324 g/mol. The summed E-state index contributed by atoms with van der Waals surface area (Å²) in [6.07, 6.45) is 0.101. The quantitative estimate of drug-likeness (QED) is 0.689. The van der Waals surface area contributed by atoms with E-state index in [4.69, 9.17) is 14.6 Å². The molecule has 1 aliphatic heterocycles. The van der Waals surface area contributed by atoms with Gasteiger partial charge in [-0.15, -0.1) is 0 Å². The number of carbonyl (C=O) groups is 2. The number of carboxylic acids is 1. The molecule has 2 atom stereocenters. The first-order chi connectivity index (χ1) is 10.9. The summed E-state index contributed by atoms with van der Waals surface area (Å²) in [6, 6.07) is 3.07. The van der Waals surface area contributed by atoms with Gasteiger partial charge in [0.2, 0.25) is 0 Å². The summed E-state index contributed by atoms with van der Waals surface area (Å²) in [7, 11) is 0. The molecule has 0 aliphatic carbocycles. The Morgan fingerprint density at radius 1 is 1.39 bits per heavy atom. The second-order valence-corrected chi connectivity index (χ2v) is 6.32. The summed E-state index contributed by atoms with van der Waals surface area (Å²) in [4.78, 5) is 25.1. The number of carboxylic acid groups (broad SMARTS) is 1. The summed E-state index contributed by atoms with van der Waals surface area (Å²) < 4.78 is 5.25. The fourth-order valence-corrected chi connectivity index (χ4v) is 3.00. The number of amides is 1. The molecule has 7 nitrogen and oxygen atoms in total. The van der Waals surface area contributed by atoms with Crippen LogP contribution in [0.1, 0.15) is 36.6 Å². The maximum atomic E-state index is 12.3. The van der Waals surface area contributed by atoms with E-state index in [0.717, 1.165) is 6.54 Å². The maximum absolute atomic E-state index is 12.3. The number of rotatable bonds is 7. The van der Waals surface area contributed by atoms with Gasteiger partial charge < -0.3 is 24.8 Å². The third kappa shape index (κ3) is 4.56. The summed E-state index contributed by atoms with van der Waals surface area (Å²) in [5.74, 6) is 0.0523. The minimum atomic E-state index is -0.814. The van der Waals surface area contributed by atoms with E-state index < -0.39 is 5.97 Å². The van der Waals surface area contributed by atoms with Crippen molar-refractivity contribution >= 4 is 11.9 Å². The van der Waals surface area contributed by atoms with E-state index in [9.17, 15) is 9.59 Å². The highest BCUT2D eigenvalue weighted by atomic mass is 16.4. The van der Waals surface area contributed by atoms with Crippen molar-refractivity contribution in [2.75, 3.05) is 19.6 Å². The van der Waals surface area contributed by atoms with Gasteiger partial charge in [0.05, 0.1) is 6.42 Å². The number of aliphatic hydroxyl groups excluding tert-OH is 1. The van der Waals surface area contributed by atoms with Gasteiger partial charge in [-0.3, -0.25) is 9.59 Å². The lowest BCUT2D eigenvalue weighted by Gasteiger charge is -2.22. The smallest absolute Gasteiger partial charge is 0.304 e. The Labute approximate surface area is 135 Å². The first-order valence-corrected chi connectivity index (χ1v) is 7.85. The van der Waals surface area contributed by atoms with Crippen molar-refractivity contribution in [2.45, 2.75) is 32.9 Å². The molecular weight excluding hydrogens is 300 g/mol. The number of furan rings is 1. The normalized spacial score (nSPS) is 21.7. The molecule has 0 spiro atoms. The zero-order valence-electron chi connectivity index (χ0n) is 13.5. The number of nitrogens with zero attached hydrogens (tertiary/aromatic N) is 1. The topological polar surface area (TPSA) is 103 Å². The van der Waals surface area contributed by atoms with Crippen molar-refractivity contribution in [3.8, 4) is 0 Å². The minimum Gasteiger partial charge on any atom is -0.481 e. The van der Waals surface area contributed by atoms with Crippen molar-refractivity contribution in [3.05, 3.63) is 23.7 Å². The van der Waals surface area contributed by atoms with Crippen molar-refractivity contribution in [2.24, 2.45) is 11.8 Å². The lowest BCUT2D eigenvalue weighted by Crippen LogP contribution is -2.42. The van der Waals surface area contributed by atoms with E-state index in [1.807, 2.05) is 0 Å². The van der Waals surface area contributed by atoms with Crippen LogP contribution >= 0.6 is 0 Å². The van der Waals surface area contributed by atoms with E-state index in [1.165, 1.54) is 0 Å². The first kappa shape index (κ1) is 17.5. The Balaban J connectivity index is 1.98. The molecule has 1 aromatic rings. The standard InChI is InChI=1S/C16H24N2O5/c1-10(2)12-7-18(6-5-15(20)21)8-13(12)17-16(22)14-4-3-11(9-19)23-14/h3-4,10,12-13,19H,5-9H2,1-2H3,(H,17,22)(H,20,21)/t12-,13+/m1/s1. The molecule has 1 saturated heterocycles. The minimum absolute atomic E-state index is 0.0426. The number of aliphatic carboxylic acids is 1. The Bertz CT molecular complexity index is 554. The van der Waals surface area contributed by atoms with Gasteiger partial charge in [0.15, 0.2) is 5.76 Å². The van der Waals surface area contributed by atoms with Gasteiger partial charge in [-0.1, -0.05) is 13.8 Å². The van der Waals surface area contributed by atoms with Crippen molar-refractivity contribution in [1.29, 1.82) is 0 Å². The highest BCUT2D eigenvalue weighted by molar-refractivity contribution is 5.91. The first-order valence-electron chi connectivity index (χ1n) is 7.85. The van der Waals surface area contributed by atoms with E-state index >= 15 is 0 Å². The number of carbonyl (C=O) groups excluding carboxylic acids is 1. The summed E-state index contributed by atoms with van der Waals surface area (Å²) in [5, 5.41) is 20.8. The van der Waals surface area contributed by atoms with Crippen LogP contribution in [0.4, 0.5) is 0 Å². The molecule has 7 heteroatoms. The Morgan fingerprint density at radius 2 is 2.13 bits per heavy atom. The predicted molar refractivity (Wildman–Crippen MR) is 82.9 cm³/mol. The van der Waals surface area contributed by atoms with E-state index in [-0.39, 0.29) is 36.7 Å². The molecule has 1 amide bonds. The van der Waals surface area contributed by atoms with Crippen LogP contribution in [0.5, 0.6) is 0 Å². The number of nitrogens with one attached hydrogen (secondary N) is 1. The molecule has 23 heavy (non-hydrogen) atoms. The predicted octanol–water partition coefficient (Wildman–Crippen LogP) is 0.933. The van der Waals surface area contributed by atoms with Crippen LogP contribution in [0.15, 0.2) is 16.5 Å². The average Bonchev–Trinajstić information content (AvgIpc) is 3.11. The van der Waals surface area contributed by atoms with Crippen molar-refractivity contribution < 1.29 is 24.2 Å². The van der Waals surface area contributed by atoms with Crippen LogP contribution in [0, 0.1) is 11.8 Å². The molecule has 1 fully saturated rings. The van der Waals surface area contributed by atoms with Gasteiger partial charge in [-0.05, 0) is 24.0 Å². The van der Waals surface area contributed by atoms with E-state index in [2.05, 4.69) is 24.1 Å². The van der Waals surface area contributed by atoms with Gasteiger partial charge in [0.25, 0.3) is 5.91 Å². The summed E-state index contributed by atoms with van der Waals surface area (Å²) in [5.41, 5.74) is 0. The number of hydrogen-bond acceptors (Lipinski definition) is 5. The summed E-state index contributed by atoms with van der Waals surface area (Å²) in [6.45, 7) is 5.85. The highest BCUT2D eigenvalue weighted by Gasteiger charge is 2.36. The van der Waals surface area contributed by atoms with Gasteiger partial charge >= 0.3 is 5.97 Å². The van der Waals surface area contributed by atoms with Gasteiger partial charge in [-0.2, -0.15) is 0 Å². The van der Waals surface area contributed by atoms with Crippen LogP contribution in [-0.2, 0) is 11.4 Å². The largest absolute Gasteiger partial charge is 0.481 e. The zero-order chi connectivity index (χ0) is 17.0. The number of aliphatic hydroxyl groups is 1. The van der Waals surface area contributed by atoms with E-state index in [1.54, 1.807) is 12.1 Å². The molecule has 1 aromatic heterocycles. The zero-order valence-corrected chi connectivity index (χ0v) is 13.5. The van der Waals surface area contributed by atoms with Crippen LogP contribution in [0.2, 0.25) is 0 Å². The van der Waals surface area contributed by atoms with Gasteiger partial charge in [0, 0.05) is 25.7 Å². The second kappa shape index (κ2) is 7.61. The second-order valence-electron chi connectivity index (χ2n) is 6.32. The van der Waals surface area contributed by atoms with Crippen LogP contribution < -0.4 is 5.32 Å². The summed E-state index contributed by atoms with van der Waals surface area (Å²) >= 11 is 0. The van der Waals surface area contributed by atoms with Crippen LogP contribution in [0.25, 0.3) is 0 Å². The molecule has 2 heterocycles. The molecule has 3 N–H and O–H groups in total. The molecule has 0 unspecified atom stereocenters. The molecule has 2 rings (SSSR count). The molecule has 0 aromatic carbocycles. The Morgan fingerprint density at radius 3 is 2.70 bits per heavy atom. The SMILES string of the molecule is CC(C)[C@H]1CN(CCC(=O)O)C[C@@H]1NC(=O)c1ccc(CO)o1. The van der Waals surface area contributed by atoms with Gasteiger partial charge in [0.1, 0.15) is 12.4 Å². The van der Waals surface area contributed by atoms with E-state index in [0.29, 0.717) is 24.8 Å². The van der Waals surface area contributed by atoms with Crippen molar-refractivity contribution in [3.63, 3.8) is 0 Å². The average molecular weight is 324 g/mol. The molecule has 0 saturated carbocycles. The third-order valence-electron chi connectivity index (χ3n) is 4.30. The Kier molecular flexibility index (Phi) is 5.79. The fraction of sp³-hybridized carbons (Fsp3) is 0.625. The molecule has 0 bridgehead atoms. The third-order valence-corrected chi connectivity index (χ3v) is 4.30. The lowest BCUT2D eigenvalue weighted by molar-refractivity contribution is -0.137. The lowest BCUT2D eigenvalue weighted by atomic mass is 9.91. The van der Waals surface area contributed by atoms with Crippen LogP contribution in [-0.4, -0.2) is 52.7 Å². The molecule has 1 aliphatic rings. The van der Waals surface area contributed by atoms with Crippen molar-refractivity contribution in [1.82, 2.24) is 10.2 Å². The number of likely N-dealkylation sites (tertiary alicyclic amines) is 1. The maximum Gasteiger partial charge on any atom is 0.304 e. The molecular formula is C16H24N2O5. The molecule has 0 radical (unpaired) electrons. The highest BCUT2D eigenvalue weighted by Crippen LogP contribution is 2.25.